The Balaban J connectivity index is 1.75. The third-order valence-corrected chi connectivity index (χ3v) is 3.80. The lowest BCUT2D eigenvalue weighted by atomic mass is 10.2. The molecule has 1 aromatic heterocycles. The first-order valence-electron chi connectivity index (χ1n) is 7.33. The van der Waals surface area contributed by atoms with E-state index in [0.717, 1.165) is 19.4 Å². The van der Waals surface area contributed by atoms with Crippen LogP contribution in [0.2, 0.25) is 0 Å². The molecule has 2 amide bonds. The first-order chi connectivity index (χ1) is 9.72. The number of nitrogens with one attached hydrogen (secondary N) is 1. The minimum absolute atomic E-state index is 0.124. The van der Waals surface area contributed by atoms with Crippen molar-refractivity contribution >= 4 is 11.8 Å². The van der Waals surface area contributed by atoms with Gasteiger partial charge in [0.1, 0.15) is 0 Å². The van der Waals surface area contributed by atoms with Crippen molar-refractivity contribution < 1.29 is 14.0 Å². The largest absolute Gasteiger partial charge is 0.459 e. The Kier molecular flexibility index (Phi) is 5.21. The van der Waals surface area contributed by atoms with Gasteiger partial charge in [0.15, 0.2) is 5.76 Å². The number of rotatable bonds is 6. The van der Waals surface area contributed by atoms with Crippen molar-refractivity contribution in [3.8, 4) is 0 Å². The number of furan rings is 1. The normalized spacial score (nSPS) is 15.2. The van der Waals surface area contributed by atoms with E-state index in [-0.39, 0.29) is 17.6 Å². The van der Waals surface area contributed by atoms with Gasteiger partial charge in [-0.05, 0) is 31.9 Å². The fourth-order valence-electron chi connectivity index (χ4n) is 2.78. The fourth-order valence-corrected chi connectivity index (χ4v) is 2.78. The van der Waals surface area contributed by atoms with E-state index < -0.39 is 0 Å². The van der Waals surface area contributed by atoms with Gasteiger partial charge in [0.25, 0.3) is 5.91 Å². The van der Waals surface area contributed by atoms with Crippen LogP contribution in [0.4, 0.5) is 0 Å². The summed E-state index contributed by atoms with van der Waals surface area (Å²) in [5, 5.41) is 2.71. The van der Waals surface area contributed by atoms with Gasteiger partial charge in [-0.1, -0.05) is 12.8 Å². The molecule has 1 N–H and O–H groups in total. The molecule has 0 unspecified atom stereocenters. The predicted octanol–water partition coefficient (Wildman–Crippen LogP) is 2.19. The van der Waals surface area contributed by atoms with Crippen LogP contribution in [-0.2, 0) is 4.79 Å². The molecule has 5 heteroatoms. The highest BCUT2D eigenvalue weighted by molar-refractivity contribution is 5.91. The lowest BCUT2D eigenvalue weighted by Crippen LogP contribution is -2.40. The van der Waals surface area contributed by atoms with E-state index in [1.807, 2.05) is 11.8 Å². The van der Waals surface area contributed by atoms with Gasteiger partial charge in [-0.3, -0.25) is 9.59 Å². The van der Waals surface area contributed by atoms with Gasteiger partial charge in [0, 0.05) is 25.6 Å². The predicted molar refractivity (Wildman–Crippen MR) is 75.3 cm³/mol. The van der Waals surface area contributed by atoms with Gasteiger partial charge < -0.3 is 14.6 Å². The van der Waals surface area contributed by atoms with Crippen molar-refractivity contribution in [1.82, 2.24) is 10.2 Å². The van der Waals surface area contributed by atoms with Crippen LogP contribution in [0.15, 0.2) is 22.8 Å². The minimum atomic E-state index is -0.272. The molecule has 0 bridgehead atoms. The summed E-state index contributed by atoms with van der Waals surface area (Å²) in [5.41, 5.74) is 0. The Hall–Kier alpha value is -1.78. The molecule has 1 aliphatic carbocycles. The second-order valence-electron chi connectivity index (χ2n) is 5.10. The summed E-state index contributed by atoms with van der Waals surface area (Å²) in [4.78, 5) is 25.8. The van der Waals surface area contributed by atoms with Crippen molar-refractivity contribution in [2.45, 2.75) is 45.1 Å². The number of carbonyl (C=O) groups is 2. The van der Waals surface area contributed by atoms with Crippen LogP contribution in [0.1, 0.15) is 49.6 Å². The summed E-state index contributed by atoms with van der Waals surface area (Å²) < 4.78 is 5.00. The highest BCUT2D eigenvalue weighted by atomic mass is 16.3. The van der Waals surface area contributed by atoms with Crippen LogP contribution >= 0.6 is 0 Å². The lowest BCUT2D eigenvalue weighted by Gasteiger charge is -2.27. The molecule has 1 aliphatic rings. The monoisotopic (exact) mass is 278 g/mol. The summed E-state index contributed by atoms with van der Waals surface area (Å²) in [6.07, 6.45) is 6.44. The maximum atomic E-state index is 12.2. The second-order valence-corrected chi connectivity index (χ2v) is 5.10. The third kappa shape index (κ3) is 3.62. The molecule has 1 saturated carbocycles. The van der Waals surface area contributed by atoms with E-state index in [2.05, 4.69) is 5.32 Å². The van der Waals surface area contributed by atoms with Gasteiger partial charge in [0.05, 0.1) is 6.26 Å². The van der Waals surface area contributed by atoms with Crippen molar-refractivity contribution in [1.29, 1.82) is 0 Å². The molecule has 0 aliphatic heterocycles. The fraction of sp³-hybridized carbons (Fsp3) is 0.600. The molecule has 1 aromatic rings. The number of hydrogen-bond donors (Lipinski definition) is 1. The number of carbonyl (C=O) groups excluding carboxylic acids is 2. The molecule has 110 valence electrons. The molecule has 0 atom stereocenters. The van der Waals surface area contributed by atoms with E-state index >= 15 is 0 Å². The Bertz CT molecular complexity index is 436. The molecule has 20 heavy (non-hydrogen) atoms. The summed E-state index contributed by atoms with van der Waals surface area (Å²) in [5.74, 6) is 0.131. The standard InChI is InChI=1S/C15H22N2O3/c1-2-17(12-6-3-4-7-12)14(18)9-10-16-15(19)13-8-5-11-20-13/h5,8,11-12H,2-4,6-7,9-10H2,1H3,(H,16,19). The quantitative estimate of drug-likeness (QED) is 0.867. The van der Waals surface area contributed by atoms with E-state index in [9.17, 15) is 9.59 Å². The van der Waals surface area contributed by atoms with Crippen LogP contribution in [-0.4, -0.2) is 35.8 Å². The van der Waals surface area contributed by atoms with Crippen LogP contribution < -0.4 is 5.32 Å². The smallest absolute Gasteiger partial charge is 0.286 e. The summed E-state index contributed by atoms with van der Waals surface area (Å²) in [6, 6.07) is 3.67. The van der Waals surface area contributed by atoms with E-state index in [0.29, 0.717) is 19.0 Å². The lowest BCUT2D eigenvalue weighted by molar-refractivity contribution is -0.133. The Labute approximate surface area is 119 Å². The highest BCUT2D eigenvalue weighted by Gasteiger charge is 2.24. The van der Waals surface area contributed by atoms with Crippen LogP contribution in [0, 0.1) is 0 Å². The number of nitrogens with zero attached hydrogens (tertiary/aromatic N) is 1. The van der Waals surface area contributed by atoms with Crippen molar-refractivity contribution in [3.63, 3.8) is 0 Å². The molecule has 5 nitrogen and oxygen atoms in total. The number of hydrogen-bond acceptors (Lipinski definition) is 3. The molecule has 0 spiro atoms. The zero-order chi connectivity index (χ0) is 14.4. The van der Waals surface area contributed by atoms with Crippen molar-refractivity contribution in [2.24, 2.45) is 0 Å². The molecular formula is C15H22N2O3. The summed E-state index contributed by atoms with van der Waals surface area (Å²) >= 11 is 0. The topological polar surface area (TPSA) is 62.6 Å². The Morgan fingerprint density at radius 2 is 2.15 bits per heavy atom. The Morgan fingerprint density at radius 3 is 2.75 bits per heavy atom. The molecule has 0 saturated heterocycles. The van der Waals surface area contributed by atoms with E-state index in [1.54, 1.807) is 12.1 Å². The maximum Gasteiger partial charge on any atom is 0.286 e. The molecule has 0 radical (unpaired) electrons. The molecule has 0 aromatic carbocycles. The maximum absolute atomic E-state index is 12.2. The average molecular weight is 278 g/mol. The summed E-state index contributed by atoms with van der Waals surface area (Å²) in [7, 11) is 0. The highest BCUT2D eigenvalue weighted by Crippen LogP contribution is 2.23. The first-order valence-corrected chi connectivity index (χ1v) is 7.33. The van der Waals surface area contributed by atoms with Gasteiger partial charge in [-0.15, -0.1) is 0 Å². The first kappa shape index (κ1) is 14.6. The molecule has 1 heterocycles. The van der Waals surface area contributed by atoms with Gasteiger partial charge in [-0.2, -0.15) is 0 Å². The van der Waals surface area contributed by atoms with Crippen molar-refractivity contribution in [3.05, 3.63) is 24.2 Å². The van der Waals surface area contributed by atoms with E-state index in [4.69, 9.17) is 4.42 Å². The molecular weight excluding hydrogens is 256 g/mol. The van der Waals surface area contributed by atoms with Gasteiger partial charge in [0.2, 0.25) is 5.91 Å². The zero-order valence-corrected chi connectivity index (χ0v) is 11.9. The average Bonchev–Trinajstić information content (AvgIpc) is 3.13. The van der Waals surface area contributed by atoms with Gasteiger partial charge in [-0.25, -0.2) is 0 Å². The SMILES string of the molecule is CCN(C(=O)CCNC(=O)c1ccco1)C1CCCC1. The van der Waals surface area contributed by atoms with Crippen LogP contribution in [0.5, 0.6) is 0 Å². The molecule has 1 fully saturated rings. The third-order valence-electron chi connectivity index (χ3n) is 3.80. The Morgan fingerprint density at radius 1 is 1.40 bits per heavy atom. The molecule has 2 rings (SSSR count). The van der Waals surface area contributed by atoms with Crippen LogP contribution in [0.25, 0.3) is 0 Å². The van der Waals surface area contributed by atoms with Gasteiger partial charge >= 0.3 is 0 Å². The zero-order valence-electron chi connectivity index (χ0n) is 11.9. The second kappa shape index (κ2) is 7.12. The minimum Gasteiger partial charge on any atom is -0.459 e. The summed E-state index contributed by atoms with van der Waals surface area (Å²) in [6.45, 7) is 3.11. The van der Waals surface area contributed by atoms with E-state index in [1.165, 1.54) is 19.1 Å². The number of amides is 2. The van der Waals surface area contributed by atoms with Crippen LogP contribution in [0.3, 0.4) is 0 Å². The van der Waals surface area contributed by atoms with Crippen molar-refractivity contribution in [2.75, 3.05) is 13.1 Å².